The highest BCUT2D eigenvalue weighted by atomic mass is 32.2. The van der Waals surface area contributed by atoms with Crippen LogP contribution in [0.15, 0.2) is 18.2 Å². The van der Waals surface area contributed by atoms with Crippen LogP contribution in [0.3, 0.4) is 0 Å². The van der Waals surface area contributed by atoms with Crippen LogP contribution in [-0.2, 0) is 27.8 Å². The molecule has 0 spiro atoms. The van der Waals surface area contributed by atoms with Gasteiger partial charge in [0.05, 0.1) is 0 Å². The standard InChI is InChI=1S/C14H13F3O4S/c15-14(16,17)22(19,20)21-12-4-3-8-5-9-1-2-10(13(9)18)6-11(8)7-12/h3-4,7,9-10H,1-2,5-6H2/t9-,10+/m1/s1. The van der Waals surface area contributed by atoms with Gasteiger partial charge in [-0.15, -0.1) is 0 Å². The summed E-state index contributed by atoms with van der Waals surface area (Å²) in [4.78, 5) is 12.0. The molecular weight excluding hydrogens is 321 g/mol. The van der Waals surface area contributed by atoms with Crippen molar-refractivity contribution in [1.82, 2.24) is 0 Å². The predicted octanol–water partition coefficient (Wildman–Crippen LogP) is 2.61. The van der Waals surface area contributed by atoms with Crippen LogP contribution >= 0.6 is 0 Å². The number of fused-ring (bicyclic) bond motifs is 3. The first-order valence-electron chi connectivity index (χ1n) is 6.83. The lowest BCUT2D eigenvalue weighted by Crippen LogP contribution is -2.28. The molecule has 0 aliphatic heterocycles. The first-order chi connectivity index (χ1) is 10.2. The van der Waals surface area contributed by atoms with Gasteiger partial charge in [0.1, 0.15) is 11.5 Å². The fourth-order valence-corrected chi connectivity index (χ4v) is 3.63. The first kappa shape index (κ1) is 15.3. The number of halogens is 3. The number of alkyl halides is 3. The topological polar surface area (TPSA) is 60.4 Å². The maximum absolute atomic E-state index is 12.3. The Morgan fingerprint density at radius 1 is 1.05 bits per heavy atom. The summed E-state index contributed by atoms with van der Waals surface area (Å²) in [5.74, 6) is -0.333. The number of hydrogen-bond acceptors (Lipinski definition) is 4. The molecule has 1 saturated carbocycles. The molecule has 120 valence electrons. The molecule has 1 fully saturated rings. The molecule has 0 aromatic heterocycles. The van der Waals surface area contributed by atoms with E-state index in [0.717, 1.165) is 18.4 Å². The molecule has 1 aromatic rings. The van der Waals surface area contributed by atoms with Gasteiger partial charge >= 0.3 is 15.6 Å². The average Bonchev–Trinajstić information content (AvgIpc) is 2.63. The van der Waals surface area contributed by atoms with Crippen LogP contribution in [0.5, 0.6) is 5.75 Å². The summed E-state index contributed by atoms with van der Waals surface area (Å²) in [5, 5.41) is 0. The molecule has 0 N–H and O–H groups in total. The smallest absolute Gasteiger partial charge is 0.376 e. The van der Waals surface area contributed by atoms with E-state index in [1.54, 1.807) is 6.07 Å². The molecule has 2 aliphatic rings. The van der Waals surface area contributed by atoms with Gasteiger partial charge in [-0.2, -0.15) is 21.6 Å². The van der Waals surface area contributed by atoms with E-state index in [-0.39, 0.29) is 23.4 Å². The normalized spacial score (nSPS) is 24.8. The van der Waals surface area contributed by atoms with Crippen molar-refractivity contribution in [2.75, 3.05) is 0 Å². The summed E-state index contributed by atoms with van der Waals surface area (Å²) < 4.78 is 63.2. The maximum Gasteiger partial charge on any atom is 0.534 e. The van der Waals surface area contributed by atoms with E-state index in [1.807, 2.05) is 0 Å². The van der Waals surface area contributed by atoms with Gasteiger partial charge in [-0.05, 0) is 48.9 Å². The van der Waals surface area contributed by atoms with Crippen molar-refractivity contribution in [1.29, 1.82) is 0 Å². The van der Waals surface area contributed by atoms with Gasteiger partial charge in [0, 0.05) is 11.8 Å². The Bertz CT molecular complexity index is 724. The van der Waals surface area contributed by atoms with Crippen molar-refractivity contribution in [2.45, 2.75) is 31.2 Å². The number of hydrogen-bond donors (Lipinski definition) is 0. The van der Waals surface area contributed by atoms with Crippen LogP contribution in [0.1, 0.15) is 24.0 Å². The molecule has 3 rings (SSSR count). The first-order valence-corrected chi connectivity index (χ1v) is 8.24. The zero-order chi connectivity index (χ0) is 16.1. The molecule has 0 amide bonds. The van der Waals surface area contributed by atoms with Gasteiger partial charge in [-0.3, -0.25) is 4.79 Å². The van der Waals surface area contributed by atoms with Gasteiger partial charge in [-0.1, -0.05) is 6.07 Å². The zero-order valence-electron chi connectivity index (χ0n) is 11.4. The Hall–Kier alpha value is -1.57. The highest BCUT2D eigenvalue weighted by Gasteiger charge is 2.48. The second-order valence-corrected chi connectivity index (χ2v) is 7.23. The van der Waals surface area contributed by atoms with Crippen LogP contribution in [0, 0.1) is 11.8 Å². The number of Topliss-reactive ketones (excluding diaryl/α,β-unsaturated/α-hetero) is 1. The number of rotatable bonds is 2. The number of ketones is 1. The van der Waals surface area contributed by atoms with Crippen LogP contribution in [0.2, 0.25) is 0 Å². The Morgan fingerprint density at radius 2 is 1.64 bits per heavy atom. The number of benzene rings is 1. The van der Waals surface area contributed by atoms with E-state index in [2.05, 4.69) is 4.18 Å². The summed E-state index contributed by atoms with van der Waals surface area (Å²) >= 11 is 0. The monoisotopic (exact) mass is 334 g/mol. The second-order valence-electron chi connectivity index (χ2n) is 5.70. The van der Waals surface area contributed by atoms with Crippen molar-refractivity contribution in [3.8, 4) is 5.75 Å². The fourth-order valence-electron chi connectivity index (χ4n) is 3.17. The van der Waals surface area contributed by atoms with Crippen molar-refractivity contribution >= 4 is 15.9 Å². The van der Waals surface area contributed by atoms with Crippen molar-refractivity contribution in [3.05, 3.63) is 29.3 Å². The summed E-state index contributed by atoms with van der Waals surface area (Å²) in [6, 6.07) is 4.04. The van der Waals surface area contributed by atoms with Gasteiger partial charge in [-0.25, -0.2) is 0 Å². The second kappa shape index (κ2) is 4.97. The molecule has 4 nitrogen and oxygen atoms in total. The van der Waals surface area contributed by atoms with Gasteiger partial charge in [0.15, 0.2) is 0 Å². The predicted molar refractivity (Wildman–Crippen MR) is 70.7 cm³/mol. The molecule has 0 saturated heterocycles. The molecular formula is C14H13F3O4S. The van der Waals surface area contributed by atoms with Crippen LogP contribution in [-0.4, -0.2) is 19.7 Å². The average molecular weight is 334 g/mol. The summed E-state index contributed by atoms with van der Waals surface area (Å²) in [6.45, 7) is 0. The highest BCUT2D eigenvalue weighted by Crippen LogP contribution is 2.38. The zero-order valence-corrected chi connectivity index (χ0v) is 12.2. The van der Waals surface area contributed by atoms with E-state index >= 15 is 0 Å². The van der Waals surface area contributed by atoms with E-state index < -0.39 is 15.6 Å². The molecule has 22 heavy (non-hydrogen) atoms. The molecule has 0 unspecified atom stereocenters. The van der Waals surface area contributed by atoms with E-state index in [4.69, 9.17) is 0 Å². The Morgan fingerprint density at radius 3 is 2.23 bits per heavy atom. The van der Waals surface area contributed by atoms with Gasteiger partial charge < -0.3 is 4.18 Å². The Kier molecular flexibility index (Phi) is 3.47. The van der Waals surface area contributed by atoms with Gasteiger partial charge in [0.2, 0.25) is 0 Å². The van der Waals surface area contributed by atoms with Crippen LogP contribution < -0.4 is 4.18 Å². The molecule has 2 atom stereocenters. The molecule has 1 aromatic carbocycles. The van der Waals surface area contributed by atoms with E-state index in [9.17, 15) is 26.4 Å². The molecule has 8 heteroatoms. The third-order valence-electron chi connectivity index (χ3n) is 4.27. The summed E-state index contributed by atoms with van der Waals surface area (Å²) in [7, 11) is -5.67. The van der Waals surface area contributed by atoms with Gasteiger partial charge in [0.25, 0.3) is 0 Å². The maximum atomic E-state index is 12.3. The molecule has 0 heterocycles. The van der Waals surface area contributed by atoms with Crippen LogP contribution in [0.25, 0.3) is 0 Å². The SMILES string of the molecule is O=C1[C@@H]2CC[C@H]1Cc1cc(OS(=O)(=O)C(F)(F)F)ccc1C2. The van der Waals surface area contributed by atoms with Crippen molar-refractivity contribution in [2.24, 2.45) is 11.8 Å². The minimum Gasteiger partial charge on any atom is -0.376 e. The van der Waals surface area contributed by atoms with Crippen LogP contribution in [0.4, 0.5) is 13.2 Å². The molecule has 0 radical (unpaired) electrons. The number of carbonyl (C=O) groups is 1. The van der Waals surface area contributed by atoms with Crippen molar-refractivity contribution in [3.63, 3.8) is 0 Å². The summed E-state index contributed by atoms with van der Waals surface area (Å²) in [6.07, 6.45) is 2.59. The third kappa shape index (κ3) is 2.60. The quantitative estimate of drug-likeness (QED) is 0.616. The minimum atomic E-state index is -5.67. The number of carbonyl (C=O) groups excluding carboxylic acids is 1. The highest BCUT2D eigenvalue weighted by molar-refractivity contribution is 7.88. The van der Waals surface area contributed by atoms with E-state index in [0.29, 0.717) is 18.4 Å². The molecule has 2 aliphatic carbocycles. The Balaban J connectivity index is 1.90. The lowest BCUT2D eigenvalue weighted by atomic mass is 9.93. The summed E-state index contributed by atoms with van der Waals surface area (Å²) in [5.41, 5.74) is -3.90. The van der Waals surface area contributed by atoms with Crippen molar-refractivity contribution < 1.29 is 30.6 Å². The lowest BCUT2D eigenvalue weighted by molar-refractivity contribution is -0.123. The lowest BCUT2D eigenvalue weighted by Gasteiger charge is -2.14. The third-order valence-corrected chi connectivity index (χ3v) is 5.25. The largest absolute Gasteiger partial charge is 0.534 e. The minimum absolute atomic E-state index is 0.0306. The fraction of sp³-hybridized carbons (Fsp3) is 0.500. The van der Waals surface area contributed by atoms with E-state index in [1.165, 1.54) is 12.1 Å². The molecule has 2 bridgehead atoms. The Labute approximate surface area is 125 Å².